The Balaban J connectivity index is 2.16. The van der Waals surface area contributed by atoms with Gasteiger partial charge in [0.25, 0.3) is 0 Å². The number of halogens is 3. The van der Waals surface area contributed by atoms with Gasteiger partial charge in [0, 0.05) is 17.0 Å². The molecule has 2 unspecified atom stereocenters. The maximum atomic E-state index is 13.5. The fourth-order valence-corrected chi connectivity index (χ4v) is 3.97. The monoisotopic (exact) mass is 463 g/mol. The summed E-state index contributed by atoms with van der Waals surface area (Å²) in [5.41, 5.74) is -0.164. The zero-order valence-electron chi connectivity index (χ0n) is 18.7. The number of benzene rings is 1. The zero-order chi connectivity index (χ0) is 24.3. The van der Waals surface area contributed by atoms with Gasteiger partial charge >= 0.3 is 18.1 Å². The second-order valence-electron chi connectivity index (χ2n) is 7.43. The normalized spacial score (nSPS) is 18.7. The lowest BCUT2D eigenvalue weighted by atomic mass is 9.78. The van der Waals surface area contributed by atoms with Gasteiger partial charge in [-0.3, -0.25) is 9.79 Å². The van der Waals surface area contributed by atoms with Crippen LogP contribution in [0, 0.1) is 5.92 Å². The molecule has 0 aliphatic carbocycles. The lowest BCUT2D eigenvalue weighted by Gasteiger charge is -2.29. The number of aliphatic imine (C=N–C) groups is 1. The highest BCUT2D eigenvalue weighted by Crippen LogP contribution is 2.43. The Kier molecular flexibility index (Phi) is 7.09. The van der Waals surface area contributed by atoms with E-state index in [0.29, 0.717) is 11.4 Å². The van der Waals surface area contributed by atoms with Gasteiger partial charge in [0.2, 0.25) is 0 Å². The number of nitrogens with zero attached hydrogens (tertiary/aromatic N) is 1. The fraction of sp³-hybridized carbons (Fsp3) is 0.375. The van der Waals surface area contributed by atoms with E-state index >= 15 is 0 Å². The zero-order valence-corrected chi connectivity index (χ0v) is 18.7. The van der Waals surface area contributed by atoms with Gasteiger partial charge in [-0.1, -0.05) is 18.2 Å². The van der Waals surface area contributed by atoms with Gasteiger partial charge in [-0.25, -0.2) is 4.79 Å². The van der Waals surface area contributed by atoms with Crippen molar-refractivity contribution in [3.05, 3.63) is 59.0 Å². The van der Waals surface area contributed by atoms with Crippen molar-refractivity contribution in [2.45, 2.75) is 39.8 Å². The van der Waals surface area contributed by atoms with E-state index in [1.54, 1.807) is 27.7 Å². The summed E-state index contributed by atoms with van der Waals surface area (Å²) in [6.07, 6.45) is -4.59. The van der Waals surface area contributed by atoms with E-state index in [9.17, 15) is 22.8 Å². The smallest absolute Gasteiger partial charge is 0.417 e. The summed E-state index contributed by atoms with van der Waals surface area (Å²) in [6, 6.07) is 7.88. The standard InChI is InChI=1S/C24H24F3NO5/c1-5-31-22(29)19-13(3)28-14(4)20(23(30)32-6-2)21(19)18-12-11-17(33-18)15-9-7-8-10-16(15)24(25,26)27/h7-12,19,21H,5-6H2,1-4H3. The number of alkyl halides is 3. The molecule has 1 aromatic carbocycles. The predicted molar refractivity (Wildman–Crippen MR) is 114 cm³/mol. The van der Waals surface area contributed by atoms with E-state index in [-0.39, 0.29) is 35.9 Å². The quantitative estimate of drug-likeness (QED) is 0.526. The summed E-state index contributed by atoms with van der Waals surface area (Å²) in [5, 5.41) is 0. The molecule has 0 spiro atoms. The van der Waals surface area contributed by atoms with Crippen molar-refractivity contribution in [3.63, 3.8) is 0 Å². The minimum Gasteiger partial charge on any atom is -0.465 e. The van der Waals surface area contributed by atoms with Gasteiger partial charge < -0.3 is 13.9 Å². The molecule has 6 nitrogen and oxygen atoms in total. The van der Waals surface area contributed by atoms with Crippen LogP contribution in [0.5, 0.6) is 0 Å². The number of esters is 2. The van der Waals surface area contributed by atoms with E-state index in [1.165, 1.54) is 30.3 Å². The Morgan fingerprint density at radius 1 is 1.03 bits per heavy atom. The number of hydrogen-bond donors (Lipinski definition) is 0. The van der Waals surface area contributed by atoms with Crippen LogP contribution in [-0.2, 0) is 25.2 Å². The van der Waals surface area contributed by atoms with Crippen LogP contribution in [-0.4, -0.2) is 30.9 Å². The molecule has 0 bridgehead atoms. The molecule has 2 atom stereocenters. The molecule has 2 heterocycles. The molecule has 176 valence electrons. The molecular weight excluding hydrogens is 439 g/mol. The molecule has 1 aromatic heterocycles. The SMILES string of the molecule is CCOC(=O)C1=C(C)N=C(C)C(C(=O)OCC)C1c1ccc(-c2ccccc2C(F)(F)F)o1. The molecule has 9 heteroatoms. The first-order valence-electron chi connectivity index (χ1n) is 10.5. The van der Waals surface area contributed by atoms with Crippen LogP contribution in [0.4, 0.5) is 13.2 Å². The summed E-state index contributed by atoms with van der Waals surface area (Å²) >= 11 is 0. The van der Waals surface area contributed by atoms with Crippen LogP contribution in [0.1, 0.15) is 44.9 Å². The Labute approximate surface area is 189 Å². The van der Waals surface area contributed by atoms with Gasteiger partial charge in [0.05, 0.1) is 30.3 Å². The molecule has 1 aliphatic heterocycles. The van der Waals surface area contributed by atoms with Crippen LogP contribution in [0.3, 0.4) is 0 Å². The van der Waals surface area contributed by atoms with Crippen LogP contribution in [0.2, 0.25) is 0 Å². The van der Waals surface area contributed by atoms with Crippen LogP contribution >= 0.6 is 0 Å². The van der Waals surface area contributed by atoms with Crippen molar-refractivity contribution in [1.29, 1.82) is 0 Å². The summed E-state index contributed by atoms with van der Waals surface area (Å²) in [6.45, 7) is 6.72. The van der Waals surface area contributed by atoms with Crippen LogP contribution < -0.4 is 0 Å². The van der Waals surface area contributed by atoms with Gasteiger partial charge in [0.1, 0.15) is 17.4 Å². The fourth-order valence-electron chi connectivity index (χ4n) is 3.97. The van der Waals surface area contributed by atoms with E-state index in [4.69, 9.17) is 13.9 Å². The van der Waals surface area contributed by atoms with Gasteiger partial charge in [-0.2, -0.15) is 13.2 Å². The van der Waals surface area contributed by atoms with Gasteiger partial charge in [0.15, 0.2) is 0 Å². The second-order valence-corrected chi connectivity index (χ2v) is 7.43. The van der Waals surface area contributed by atoms with Gasteiger partial charge in [-0.05, 0) is 45.9 Å². The van der Waals surface area contributed by atoms with Crippen molar-refractivity contribution in [3.8, 4) is 11.3 Å². The lowest BCUT2D eigenvalue weighted by Crippen LogP contribution is -2.36. The van der Waals surface area contributed by atoms with Crippen LogP contribution in [0.25, 0.3) is 11.3 Å². The Morgan fingerprint density at radius 3 is 2.33 bits per heavy atom. The third-order valence-electron chi connectivity index (χ3n) is 5.30. The molecule has 3 rings (SSSR count). The molecule has 0 fully saturated rings. The van der Waals surface area contributed by atoms with Crippen molar-refractivity contribution >= 4 is 17.7 Å². The molecule has 33 heavy (non-hydrogen) atoms. The minimum atomic E-state index is -4.59. The lowest BCUT2D eigenvalue weighted by molar-refractivity contribution is -0.146. The van der Waals surface area contributed by atoms with Crippen LogP contribution in [0.15, 0.2) is 57.1 Å². The number of allylic oxidation sites excluding steroid dienone is 1. The molecule has 0 amide bonds. The number of furan rings is 1. The Hall–Kier alpha value is -3.36. The number of hydrogen-bond acceptors (Lipinski definition) is 6. The van der Waals surface area contributed by atoms with Gasteiger partial charge in [-0.15, -0.1) is 0 Å². The Morgan fingerprint density at radius 2 is 1.70 bits per heavy atom. The number of carbonyl (C=O) groups is 2. The average Bonchev–Trinajstić information content (AvgIpc) is 3.22. The molecular formula is C24H24F3NO5. The Bertz CT molecular complexity index is 1110. The first kappa shape index (κ1) is 24.3. The maximum Gasteiger partial charge on any atom is 0.417 e. The van der Waals surface area contributed by atoms with Crippen molar-refractivity contribution < 1.29 is 36.7 Å². The highest BCUT2D eigenvalue weighted by atomic mass is 19.4. The van der Waals surface area contributed by atoms with E-state index in [2.05, 4.69) is 4.99 Å². The van der Waals surface area contributed by atoms with Crippen molar-refractivity contribution in [2.24, 2.45) is 10.9 Å². The molecule has 1 aliphatic rings. The first-order chi connectivity index (χ1) is 15.6. The first-order valence-corrected chi connectivity index (χ1v) is 10.5. The number of rotatable bonds is 6. The van der Waals surface area contributed by atoms with Crippen molar-refractivity contribution in [2.75, 3.05) is 13.2 Å². The minimum absolute atomic E-state index is 0.0402. The number of carbonyl (C=O) groups excluding carboxylic acids is 2. The average molecular weight is 463 g/mol. The molecule has 0 N–H and O–H groups in total. The highest BCUT2D eigenvalue weighted by Gasteiger charge is 2.44. The molecule has 0 saturated heterocycles. The summed E-state index contributed by atoms with van der Waals surface area (Å²) in [4.78, 5) is 30.0. The van der Waals surface area contributed by atoms with E-state index in [0.717, 1.165) is 6.07 Å². The number of ether oxygens (including phenoxy) is 2. The third kappa shape index (κ3) is 4.86. The molecule has 2 aromatic rings. The maximum absolute atomic E-state index is 13.5. The van der Waals surface area contributed by atoms with Crippen molar-refractivity contribution in [1.82, 2.24) is 0 Å². The summed E-state index contributed by atoms with van der Waals surface area (Å²) in [5.74, 6) is -3.17. The molecule has 0 saturated carbocycles. The highest BCUT2D eigenvalue weighted by molar-refractivity contribution is 6.06. The summed E-state index contributed by atoms with van der Waals surface area (Å²) in [7, 11) is 0. The van der Waals surface area contributed by atoms with E-state index < -0.39 is 35.5 Å². The molecule has 0 radical (unpaired) electrons. The summed E-state index contributed by atoms with van der Waals surface area (Å²) < 4.78 is 56.8. The topological polar surface area (TPSA) is 78.1 Å². The predicted octanol–water partition coefficient (Wildman–Crippen LogP) is 5.54. The third-order valence-corrected chi connectivity index (χ3v) is 5.30. The largest absolute Gasteiger partial charge is 0.465 e. The second kappa shape index (κ2) is 9.64. The van der Waals surface area contributed by atoms with E-state index in [1.807, 2.05) is 0 Å².